The molecular weight excluding hydrogens is 354 g/mol. The van der Waals surface area contributed by atoms with Crippen molar-refractivity contribution in [2.75, 3.05) is 51.2 Å². The van der Waals surface area contributed by atoms with Crippen molar-refractivity contribution in [3.8, 4) is 0 Å². The molecule has 3 rings (SSSR count). The molecule has 0 unspecified atom stereocenters. The molecule has 0 atom stereocenters. The van der Waals surface area contributed by atoms with Gasteiger partial charge in [0.1, 0.15) is 5.71 Å². The van der Waals surface area contributed by atoms with Crippen LogP contribution in [0.3, 0.4) is 0 Å². The summed E-state index contributed by atoms with van der Waals surface area (Å²) in [6, 6.07) is 8.70. The molecule has 0 spiro atoms. The number of unbranched alkanes of at least 4 members (excludes halogenated alkanes) is 1. The Labute approximate surface area is 167 Å². The first kappa shape index (κ1) is 20.3. The highest BCUT2D eigenvalue weighted by molar-refractivity contribution is 6.39. The second-order valence-corrected chi connectivity index (χ2v) is 7.59. The minimum Gasteiger partial charge on any atom is -0.369 e. The molecule has 2 amide bonds. The number of amides is 2. The second-order valence-electron chi connectivity index (χ2n) is 7.59. The van der Waals surface area contributed by atoms with Gasteiger partial charge >= 0.3 is 0 Å². The topological polar surface area (TPSA) is 68.2 Å². The van der Waals surface area contributed by atoms with Gasteiger partial charge in [-0.2, -0.15) is 5.10 Å². The molecule has 1 saturated heterocycles. The average molecular weight is 386 g/mol. The van der Waals surface area contributed by atoms with Crippen molar-refractivity contribution < 1.29 is 9.59 Å². The molecule has 0 saturated carbocycles. The molecule has 0 aromatic heterocycles. The van der Waals surface area contributed by atoms with Crippen LogP contribution in [0.1, 0.15) is 31.2 Å². The van der Waals surface area contributed by atoms with E-state index < -0.39 is 0 Å². The van der Waals surface area contributed by atoms with Crippen LogP contribution in [0, 0.1) is 6.92 Å². The molecule has 1 N–H and O–H groups in total. The molecule has 7 heteroatoms. The standard InChI is InChI=1S/C21H31N5O2/c1-17-6-5-7-18(16-17)26-14-12-25(13-15-26)11-4-3-10-22-21(28)19-8-9-20(27)24(2)23-19/h5-7,16H,3-4,8-15H2,1-2H3,(H,22,28). The first-order valence-electron chi connectivity index (χ1n) is 10.2. The lowest BCUT2D eigenvalue weighted by Gasteiger charge is -2.36. The molecule has 2 aliphatic heterocycles. The number of anilines is 1. The van der Waals surface area contributed by atoms with Crippen LogP contribution >= 0.6 is 0 Å². The highest BCUT2D eigenvalue weighted by Crippen LogP contribution is 2.17. The lowest BCUT2D eigenvalue weighted by molar-refractivity contribution is -0.130. The van der Waals surface area contributed by atoms with E-state index in [0.29, 0.717) is 25.1 Å². The van der Waals surface area contributed by atoms with Gasteiger partial charge in [0.2, 0.25) is 5.91 Å². The van der Waals surface area contributed by atoms with Gasteiger partial charge in [0, 0.05) is 58.3 Å². The predicted octanol–water partition coefficient (Wildman–Crippen LogP) is 1.62. The highest BCUT2D eigenvalue weighted by Gasteiger charge is 2.21. The zero-order valence-corrected chi connectivity index (χ0v) is 17.0. The molecule has 0 bridgehead atoms. The number of piperazine rings is 1. The largest absolute Gasteiger partial charge is 0.369 e. The molecule has 1 aromatic rings. The van der Waals surface area contributed by atoms with Crippen LogP contribution < -0.4 is 10.2 Å². The molecule has 152 valence electrons. The number of carbonyl (C=O) groups excluding carboxylic acids is 2. The van der Waals surface area contributed by atoms with Crippen molar-refractivity contribution in [2.24, 2.45) is 5.10 Å². The zero-order chi connectivity index (χ0) is 19.9. The normalized spacial score (nSPS) is 18.2. The first-order chi connectivity index (χ1) is 13.5. The number of hydrogen-bond donors (Lipinski definition) is 1. The van der Waals surface area contributed by atoms with Crippen molar-refractivity contribution in [2.45, 2.75) is 32.6 Å². The summed E-state index contributed by atoms with van der Waals surface area (Å²) in [6.07, 6.45) is 2.80. The summed E-state index contributed by atoms with van der Waals surface area (Å²) in [5.74, 6) is -0.190. The van der Waals surface area contributed by atoms with E-state index in [1.807, 2.05) is 0 Å². The Balaban J connectivity index is 1.30. The number of rotatable bonds is 7. The third kappa shape index (κ3) is 5.55. The summed E-state index contributed by atoms with van der Waals surface area (Å²) in [4.78, 5) is 28.5. The second kappa shape index (κ2) is 9.68. The van der Waals surface area contributed by atoms with Gasteiger partial charge in [0.15, 0.2) is 0 Å². The lowest BCUT2D eigenvalue weighted by atomic mass is 10.1. The van der Waals surface area contributed by atoms with E-state index in [9.17, 15) is 9.59 Å². The fourth-order valence-electron chi connectivity index (χ4n) is 3.65. The Morgan fingerprint density at radius 3 is 2.64 bits per heavy atom. The Kier molecular flexibility index (Phi) is 7.03. The van der Waals surface area contributed by atoms with E-state index in [1.54, 1.807) is 7.05 Å². The number of benzene rings is 1. The molecule has 0 radical (unpaired) electrons. The number of hydrogen-bond acceptors (Lipinski definition) is 5. The van der Waals surface area contributed by atoms with Gasteiger partial charge in [0.25, 0.3) is 5.91 Å². The predicted molar refractivity (Wildman–Crippen MR) is 112 cm³/mol. The summed E-state index contributed by atoms with van der Waals surface area (Å²) < 4.78 is 0. The zero-order valence-electron chi connectivity index (χ0n) is 17.0. The van der Waals surface area contributed by atoms with Crippen molar-refractivity contribution in [3.63, 3.8) is 0 Å². The fourth-order valence-corrected chi connectivity index (χ4v) is 3.65. The molecule has 1 aromatic carbocycles. The summed E-state index contributed by atoms with van der Waals surface area (Å²) in [5, 5.41) is 8.23. The van der Waals surface area contributed by atoms with Crippen molar-refractivity contribution in [3.05, 3.63) is 29.8 Å². The van der Waals surface area contributed by atoms with Gasteiger partial charge in [-0.05, 0) is 44.0 Å². The summed E-state index contributed by atoms with van der Waals surface area (Å²) >= 11 is 0. The van der Waals surface area contributed by atoms with E-state index in [2.05, 4.69) is 51.4 Å². The maximum Gasteiger partial charge on any atom is 0.267 e. The summed E-state index contributed by atoms with van der Waals surface area (Å²) in [7, 11) is 1.59. The SMILES string of the molecule is Cc1cccc(N2CCN(CCCCNC(=O)C3=NN(C)C(=O)CC3)CC2)c1. The molecular formula is C21H31N5O2. The Bertz CT molecular complexity index is 725. The van der Waals surface area contributed by atoms with Gasteiger partial charge in [0.05, 0.1) is 0 Å². The van der Waals surface area contributed by atoms with Gasteiger partial charge in [-0.1, -0.05) is 12.1 Å². The smallest absolute Gasteiger partial charge is 0.267 e. The van der Waals surface area contributed by atoms with Gasteiger partial charge in [-0.25, -0.2) is 5.01 Å². The molecule has 28 heavy (non-hydrogen) atoms. The van der Waals surface area contributed by atoms with Crippen molar-refractivity contribution in [1.82, 2.24) is 15.2 Å². The summed E-state index contributed by atoms with van der Waals surface area (Å²) in [5.41, 5.74) is 3.08. The first-order valence-corrected chi connectivity index (χ1v) is 10.2. The van der Waals surface area contributed by atoms with E-state index in [4.69, 9.17) is 0 Å². The Morgan fingerprint density at radius 2 is 1.93 bits per heavy atom. The molecule has 0 aliphatic carbocycles. The maximum atomic E-state index is 12.1. The highest BCUT2D eigenvalue weighted by atomic mass is 16.2. The van der Waals surface area contributed by atoms with E-state index in [0.717, 1.165) is 45.6 Å². The van der Waals surface area contributed by atoms with Gasteiger partial charge in [-0.15, -0.1) is 0 Å². The molecule has 1 fully saturated rings. The van der Waals surface area contributed by atoms with Gasteiger partial charge < -0.3 is 10.2 Å². The van der Waals surface area contributed by atoms with Crippen molar-refractivity contribution >= 4 is 23.2 Å². The monoisotopic (exact) mass is 385 g/mol. The minimum absolute atomic E-state index is 0.0425. The van der Waals surface area contributed by atoms with Crippen LogP contribution in [0.5, 0.6) is 0 Å². The number of nitrogens with zero attached hydrogens (tertiary/aromatic N) is 4. The van der Waals surface area contributed by atoms with Gasteiger partial charge in [-0.3, -0.25) is 14.5 Å². The van der Waals surface area contributed by atoms with E-state index in [1.165, 1.54) is 16.3 Å². The van der Waals surface area contributed by atoms with Crippen LogP contribution in [0.2, 0.25) is 0 Å². The van der Waals surface area contributed by atoms with Crippen LogP contribution in [0.25, 0.3) is 0 Å². The lowest BCUT2D eigenvalue weighted by Crippen LogP contribution is -2.46. The van der Waals surface area contributed by atoms with Crippen LogP contribution in [0.15, 0.2) is 29.4 Å². The quantitative estimate of drug-likeness (QED) is 0.725. The maximum absolute atomic E-state index is 12.1. The number of carbonyl (C=O) groups is 2. The summed E-state index contributed by atoms with van der Waals surface area (Å²) in [6.45, 7) is 8.14. The Morgan fingerprint density at radius 1 is 1.14 bits per heavy atom. The average Bonchev–Trinajstić information content (AvgIpc) is 2.70. The molecule has 2 heterocycles. The number of aryl methyl sites for hydroxylation is 1. The van der Waals surface area contributed by atoms with E-state index >= 15 is 0 Å². The van der Waals surface area contributed by atoms with Crippen LogP contribution in [-0.4, -0.2) is 73.8 Å². The fraction of sp³-hybridized carbons (Fsp3) is 0.571. The third-order valence-electron chi connectivity index (χ3n) is 5.40. The van der Waals surface area contributed by atoms with E-state index in [-0.39, 0.29) is 11.8 Å². The minimum atomic E-state index is -0.147. The van der Waals surface area contributed by atoms with Crippen LogP contribution in [0.4, 0.5) is 5.69 Å². The molecule has 7 nitrogen and oxygen atoms in total. The van der Waals surface area contributed by atoms with Crippen LogP contribution in [-0.2, 0) is 9.59 Å². The third-order valence-corrected chi connectivity index (χ3v) is 5.40. The molecule has 2 aliphatic rings. The number of hydrazone groups is 1. The number of nitrogens with one attached hydrogen (secondary N) is 1. The van der Waals surface area contributed by atoms with Crippen molar-refractivity contribution in [1.29, 1.82) is 0 Å². The Hall–Kier alpha value is -2.41.